The van der Waals surface area contributed by atoms with Crippen LogP contribution in [0.15, 0.2) is 42.6 Å². The van der Waals surface area contributed by atoms with Crippen LogP contribution >= 0.6 is 0 Å². The molecule has 5 nitrogen and oxygen atoms in total. The number of nitrogens with zero attached hydrogens (tertiary/aromatic N) is 1. The van der Waals surface area contributed by atoms with Crippen LogP contribution in [0.25, 0.3) is 0 Å². The van der Waals surface area contributed by atoms with Crippen LogP contribution in [0.1, 0.15) is 10.4 Å². The van der Waals surface area contributed by atoms with Gasteiger partial charge in [0, 0.05) is 11.8 Å². The second kappa shape index (κ2) is 4.52. The zero-order chi connectivity index (χ0) is 12.3. The number of amides is 1. The third-order valence-electron chi connectivity index (χ3n) is 2.26. The number of aromatic nitrogens is 1. The Kier molecular flexibility index (Phi) is 2.91. The molecule has 2 rings (SSSR count). The molecule has 0 saturated carbocycles. The minimum Gasteiger partial charge on any atom is -0.397 e. The smallest absolute Gasteiger partial charge is 0.256 e. The number of nitrogen functional groups attached to an aromatic ring is 2. The van der Waals surface area contributed by atoms with Crippen LogP contribution < -0.4 is 16.8 Å². The molecule has 17 heavy (non-hydrogen) atoms. The third kappa shape index (κ3) is 2.52. The highest BCUT2D eigenvalue weighted by Crippen LogP contribution is 2.16. The minimum absolute atomic E-state index is 0.268. The number of pyridine rings is 1. The Hall–Kier alpha value is -2.56. The Morgan fingerprint density at radius 3 is 2.59 bits per heavy atom. The molecule has 2 aromatic rings. The first-order valence-electron chi connectivity index (χ1n) is 5.04. The summed E-state index contributed by atoms with van der Waals surface area (Å²) in [5.41, 5.74) is 12.5. The molecule has 86 valence electrons. The van der Waals surface area contributed by atoms with Gasteiger partial charge in [0.25, 0.3) is 5.91 Å². The lowest BCUT2D eigenvalue weighted by Crippen LogP contribution is -2.13. The maximum absolute atomic E-state index is 11.8. The van der Waals surface area contributed by atoms with Crippen molar-refractivity contribution in [3.63, 3.8) is 0 Å². The fourth-order valence-electron chi connectivity index (χ4n) is 1.34. The van der Waals surface area contributed by atoms with Gasteiger partial charge in [-0.3, -0.25) is 4.79 Å². The van der Waals surface area contributed by atoms with Crippen molar-refractivity contribution in [3.05, 3.63) is 48.2 Å². The second-order valence-electron chi connectivity index (χ2n) is 3.51. The maximum Gasteiger partial charge on any atom is 0.256 e. The lowest BCUT2D eigenvalue weighted by molar-refractivity contribution is 0.102. The molecule has 0 spiro atoms. The summed E-state index contributed by atoms with van der Waals surface area (Å²) in [6.07, 6.45) is 1.60. The second-order valence-corrected chi connectivity index (χ2v) is 3.51. The molecule has 0 saturated heterocycles. The summed E-state index contributed by atoms with van der Waals surface area (Å²) < 4.78 is 0. The fourth-order valence-corrected chi connectivity index (χ4v) is 1.34. The molecule has 0 aliphatic rings. The Bertz CT molecular complexity index is 539. The molecular weight excluding hydrogens is 216 g/mol. The van der Waals surface area contributed by atoms with E-state index < -0.39 is 0 Å². The Morgan fingerprint density at radius 2 is 1.94 bits per heavy atom. The highest BCUT2D eigenvalue weighted by Gasteiger charge is 2.07. The summed E-state index contributed by atoms with van der Waals surface area (Å²) in [4.78, 5) is 15.8. The molecule has 1 aromatic carbocycles. The molecular formula is C12H12N4O. The van der Waals surface area contributed by atoms with Gasteiger partial charge in [0.2, 0.25) is 0 Å². The first-order valence-corrected chi connectivity index (χ1v) is 5.04. The van der Waals surface area contributed by atoms with Crippen LogP contribution in [0.2, 0.25) is 0 Å². The SMILES string of the molecule is Nc1ccc(C(=O)Nc2ccccn2)cc1N. The summed E-state index contributed by atoms with van der Waals surface area (Å²) in [5.74, 6) is 0.225. The molecule has 0 aliphatic heterocycles. The number of nitrogens with two attached hydrogens (primary N) is 2. The van der Waals surface area contributed by atoms with E-state index in [-0.39, 0.29) is 5.91 Å². The van der Waals surface area contributed by atoms with Crippen molar-refractivity contribution in [3.8, 4) is 0 Å². The molecule has 0 radical (unpaired) electrons. The van der Waals surface area contributed by atoms with Gasteiger partial charge in [-0.2, -0.15) is 0 Å². The first kappa shape index (κ1) is 10.9. The normalized spacial score (nSPS) is 9.88. The van der Waals surface area contributed by atoms with Gasteiger partial charge in [0.05, 0.1) is 11.4 Å². The van der Waals surface area contributed by atoms with Gasteiger partial charge in [0.1, 0.15) is 5.82 Å². The van der Waals surface area contributed by atoms with Gasteiger partial charge in [0.15, 0.2) is 0 Å². The molecule has 0 fully saturated rings. The number of hydrogen-bond donors (Lipinski definition) is 3. The highest BCUT2D eigenvalue weighted by atomic mass is 16.1. The van der Waals surface area contributed by atoms with Crippen molar-refractivity contribution < 1.29 is 4.79 Å². The van der Waals surface area contributed by atoms with Crippen LogP contribution in [0.5, 0.6) is 0 Å². The van der Waals surface area contributed by atoms with E-state index >= 15 is 0 Å². The molecule has 5 heteroatoms. The predicted octanol–water partition coefficient (Wildman–Crippen LogP) is 1.50. The van der Waals surface area contributed by atoms with Crippen LogP contribution in [0.4, 0.5) is 17.2 Å². The summed E-state index contributed by atoms with van der Waals surface area (Å²) in [7, 11) is 0. The first-order chi connectivity index (χ1) is 8.16. The standard InChI is InChI=1S/C12H12N4O/c13-9-5-4-8(7-10(9)14)12(17)16-11-3-1-2-6-15-11/h1-7H,13-14H2,(H,15,16,17). The van der Waals surface area contributed by atoms with E-state index in [1.54, 1.807) is 36.5 Å². The third-order valence-corrected chi connectivity index (χ3v) is 2.26. The van der Waals surface area contributed by atoms with Crippen molar-refractivity contribution in [2.24, 2.45) is 0 Å². The average Bonchev–Trinajstić information content (AvgIpc) is 2.34. The number of benzene rings is 1. The quantitative estimate of drug-likeness (QED) is 0.679. The van der Waals surface area contributed by atoms with E-state index in [0.29, 0.717) is 22.8 Å². The van der Waals surface area contributed by atoms with Gasteiger partial charge in [-0.15, -0.1) is 0 Å². The highest BCUT2D eigenvalue weighted by molar-refractivity contribution is 6.04. The van der Waals surface area contributed by atoms with Crippen LogP contribution in [-0.2, 0) is 0 Å². The summed E-state index contributed by atoms with van der Waals surface area (Å²) in [5, 5.41) is 2.66. The van der Waals surface area contributed by atoms with Gasteiger partial charge in [-0.05, 0) is 30.3 Å². The Morgan fingerprint density at radius 1 is 1.12 bits per heavy atom. The maximum atomic E-state index is 11.8. The van der Waals surface area contributed by atoms with E-state index in [2.05, 4.69) is 10.3 Å². The summed E-state index contributed by atoms with van der Waals surface area (Å²) in [6, 6.07) is 10.0. The number of nitrogens with one attached hydrogen (secondary N) is 1. The van der Waals surface area contributed by atoms with Gasteiger partial charge in [-0.1, -0.05) is 6.07 Å². The van der Waals surface area contributed by atoms with Crippen molar-refractivity contribution in [1.29, 1.82) is 0 Å². The number of anilines is 3. The topological polar surface area (TPSA) is 94.0 Å². The van der Waals surface area contributed by atoms with E-state index in [4.69, 9.17) is 11.5 Å². The van der Waals surface area contributed by atoms with Crippen molar-refractivity contribution in [1.82, 2.24) is 4.98 Å². The van der Waals surface area contributed by atoms with E-state index in [1.165, 1.54) is 6.07 Å². The lowest BCUT2D eigenvalue weighted by Gasteiger charge is -2.06. The van der Waals surface area contributed by atoms with Crippen LogP contribution in [0, 0.1) is 0 Å². The monoisotopic (exact) mass is 228 g/mol. The van der Waals surface area contributed by atoms with E-state index in [0.717, 1.165) is 0 Å². The van der Waals surface area contributed by atoms with Crippen molar-refractivity contribution in [2.75, 3.05) is 16.8 Å². The Balaban J connectivity index is 2.18. The summed E-state index contributed by atoms with van der Waals surface area (Å²) >= 11 is 0. The molecule has 0 bridgehead atoms. The van der Waals surface area contributed by atoms with E-state index in [9.17, 15) is 4.79 Å². The minimum atomic E-state index is -0.268. The molecule has 1 heterocycles. The molecule has 1 amide bonds. The number of rotatable bonds is 2. The zero-order valence-corrected chi connectivity index (χ0v) is 9.05. The van der Waals surface area contributed by atoms with Crippen LogP contribution in [0.3, 0.4) is 0 Å². The Labute approximate surface area is 98.5 Å². The number of hydrogen-bond acceptors (Lipinski definition) is 4. The van der Waals surface area contributed by atoms with E-state index in [1.807, 2.05) is 0 Å². The van der Waals surface area contributed by atoms with Gasteiger partial charge >= 0.3 is 0 Å². The largest absolute Gasteiger partial charge is 0.397 e. The lowest BCUT2D eigenvalue weighted by atomic mass is 10.1. The average molecular weight is 228 g/mol. The number of carbonyl (C=O) groups is 1. The van der Waals surface area contributed by atoms with Crippen LogP contribution in [-0.4, -0.2) is 10.9 Å². The molecule has 5 N–H and O–H groups in total. The molecule has 0 aliphatic carbocycles. The van der Waals surface area contributed by atoms with Gasteiger partial charge < -0.3 is 16.8 Å². The summed E-state index contributed by atoms with van der Waals surface area (Å²) in [6.45, 7) is 0. The molecule has 0 atom stereocenters. The predicted molar refractivity (Wildman–Crippen MR) is 67.5 cm³/mol. The molecule has 0 unspecified atom stereocenters. The number of carbonyl (C=O) groups excluding carboxylic acids is 1. The zero-order valence-electron chi connectivity index (χ0n) is 9.05. The van der Waals surface area contributed by atoms with Crippen molar-refractivity contribution in [2.45, 2.75) is 0 Å². The molecule has 1 aromatic heterocycles. The van der Waals surface area contributed by atoms with Crippen molar-refractivity contribution >= 4 is 23.1 Å². The van der Waals surface area contributed by atoms with Gasteiger partial charge in [-0.25, -0.2) is 4.98 Å². The fraction of sp³-hybridized carbons (Fsp3) is 0.